The zero-order valence-corrected chi connectivity index (χ0v) is 29.4. The summed E-state index contributed by atoms with van der Waals surface area (Å²) in [5.74, 6) is 27.6. The normalized spacial score (nSPS) is 24.5. The van der Waals surface area contributed by atoms with Crippen molar-refractivity contribution in [3.8, 4) is 47.4 Å². The van der Waals surface area contributed by atoms with E-state index in [9.17, 15) is 0 Å². The minimum Gasteiger partial charge on any atom is -0.370 e. The van der Waals surface area contributed by atoms with E-state index >= 15 is 0 Å². The van der Waals surface area contributed by atoms with Crippen LogP contribution in [0.1, 0.15) is 35.1 Å². The number of allylic oxidation sites excluding steroid dienone is 6. The fourth-order valence-electron chi connectivity index (χ4n) is 6.69. The molecular weight excluding hydrogens is 649 g/mol. The second kappa shape index (κ2) is 15.7. The van der Waals surface area contributed by atoms with Crippen molar-refractivity contribution in [2.24, 2.45) is 10.8 Å². The molecule has 2 saturated heterocycles. The van der Waals surface area contributed by atoms with Crippen LogP contribution in [0.3, 0.4) is 0 Å². The highest BCUT2D eigenvalue weighted by atomic mass is 16.6. The van der Waals surface area contributed by atoms with Gasteiger partial charge in [-0.3, -0.25) is 0 Å². The first-order valence-electron chi connectivity index (χ1n) is 18.1. The monoisotopic (exact) mass is 686 g/mol. The Balaban J connectivity index is 1.15. The molecule has 2 aliphatic carbocycles. The van der Waals surface area contributed by atoms with Crippen LogP contribution in [0.15, 0.2) is 169 Å². The Bertz CT molecular complexity index is 2130. The van der Waals surface area contributed by atoms with Crippen LogP contribution in [0, 0.1) is 58.2 Å². The van der Waals surface area contributed by atoms with Gasteiger partial charge < -0.3 is 14.2 Å². The van der Waals surface area contributed by atoms with E-state index in [-0.39, 0.29) is 24.4 Å². The molecule has 8 rings (SSSR count). The minimum absolute atomic E-state index is 0.120. The van der Waals surface area contributed by atoms with Gasteiger partial charge in [0.1, 0.15) is 24.4 Å². The predicted octanol–water partition coefficient (Wildman–Crippen LogP) is 8.49. The number of hydrogen-bond acceptors (Lipinski definition) is 3. The molecule has 0 aromatic heterocycles. The smallest absolute Gasteiger partial charge is 0.109 e. The van der Waals surface area contributed by atoms with Gasteiger partial charge in [-0.2, -0.15) is 0 Å². The van der Waals surface area contributed by atoms with Crippen LogP contribution in [0.5, 0.6) is 0 Å². The summed E-state index contributed by atoms with van der Waals surface area (Å²) >= 11 is 0. The molecule has 6 unspecified atom stereocenters. The summed E-state index contributed by atoms with van der Waals surface area (Å²) < 4.78 is 19.6. The average molecular weight is 687 g/mol. The third-order valence-corrected chi connectivity index (χ3v) is 9.82. The molecule has 4 aromatic rings. The average Bonchev–Trinajstić information content (AvgIpc) is 4.17. The molecule has 0 saturated carbocycles. The molecule has 3 nitrogen and oxygen atoms in total. The predicted molar refractivity (Wildman–Crippen MR) is 210 cm³/mol. The van der Waals surface area contributed by atoms with Gasteiger partial charge >= 0.3 is 0 Å². The van der Waals surface area contributed by atoms with Crippen molar-refractivity contribution in [1.82, 2.24) is 0 Å². The van der Waals surface area contributed by atoms with E-state index < -0.39 is 10.8 Å². The van der Waals surface area contributed by atoms with E-state index in [2.05, 4.69) is 83.8 Å². The highest BCUT2D eigenvalue weighted by Gasteiger charge is 2.54. The van der Waals surface area contributed by atoms with Crippen molar-refractivity contribution in [2.45, 2.75) is 37.3 Å². The lowest BCUT2D eigenvalue weighted by atomic mass is 9.72. The summed E-state index contributed by atoms with van der Waals surface area (Å²) in [4.78, 5) is 0. The fourth-order valence-corrected chi connectivity index (χ4v) is 6.69. The van der Waals surface area contributed by atoms with E-state index in [0.29, 0.717) is 26.1 Å². The molecule has 0 amide bonds. The van der Waals surface area contributed by atoms with Crippen LogP contribution < -0.4 is 0 Å². The molecule has 6 atom stereocenters. The maximum Gasteiger partial charge on any atom is 0.109 e. The standard InChI is InChI=1S/C50H38O3/c1-5-13-39(14-6-1)21-23-43-27-33-49(34-28-43,31-25-41-17-9-3-10-18-41)47(45-37-51-45)53-48(46-38-52-46)50(32-26-42-19-11-4-12-20-42)35-29-44(30-36-50)24-22-40-15-7-2-8-16-40/h1-20,27-30,33,35,45-48H,34,36-38H2. The molecule has 2 heterocycles. The second-order valence-corrected chi connectivity index (χ2v) is 13.7. The molecule has 256 valence electrons. The Labute approximate surface area is 313 Å². The maximum absolute atomic E-state index is 7.40. The number of hydrogen-bond donors (Lipinski definition) is 0. The molecule has 0 radical (unpaired) electrons. The van der Waals surface area contributed by atoms with Gasteiger partial charge in [-0.1, -0.05) is 144 Å². The lowest BCUT2D eigenvalue weighted by Crippen LogP contribution is -2.48. The zero-order valence-electron chi connectivity index (χ0n) is 29.4. The summed E-state index contributed by atoms with van der Waals surface area (Å²) in [5.41, 5.74) is 4.43. The molecule has 0 N–H and O–H groups in total. The summed E-state index contributed by atoms with van der Waals surface area (Å²) in [6, 6.07) is 40.3. The molecular formula is C50H38O3. The van der Waals surface area contributed by atoms with Crippen LogP contribution in [-0.2, 0) is 14.2 Å². The van der Waals surface area contributed by atoms with Crippen LogP contribution in [-0.4, -0.2) is 37.6 Å². The van der Waals surface area contributed by atoms with Gasteiger partial charge in [0.2, 0.25) is 0 Å². The van der Waals surface area contributed by atoms with E-state index in [0.717, 1.165) is 33.4 Å². The summed E-state index contributed by atoms with van der Waals surface area (Å²) in [5, 5.41) is 0. The van der Waals surface area contributed by atoms with Crippen molar-refractivity contribution < 1.29 is 14.2 Å². The van der Waals surface area contributed by atoms with Gasteiger partial charge in [0.25, 0.3) is 0 Å². The van der Waals surface area contributed by atoms with Gasteiger partial charge in [-0.15, -0.1) is 0 Å². The minimum atomic E-state index is -0.670. The molecule has 0 bridgehead atoms. The van der Waals surface area contributed by atoms with Crippen molar-refractivity contribution in [1.29, 1.82) is 0 Å². The largest absolute Gasteiger partial charge is 0.370 e. The SMILES string of the molecule is C(#Cc1ccccc1)C1=CCC(C#Cc2ccccc2)(C(OC(C2CO2)C2(C#Cc3ccccc3)C=CC(C#Cc3ccccc3)=CC2)C2CO2)C=C1. The Morgan fingerprint density at radius 1 is 0.472 bits per heavy atom. The van der Waals surface area contributed by atoms with Crippen LogP contribution in [0.4, 0.5) is 0 Å². The third kappa shape index (κ3) is 8.54. The Morgan fingerprint density at radius 2 is 0.811 bits per heavy atom. The van der Waals surface area contributed by atoms with Gasteiger partial charge in [-0.05, 0) is 73.5 Å². The topological polar surface area (TPSA) is 34.3 Å². The van der Waals surface area contributed by atoms with Crippen molar-refractivity contribution in [2.75, 3.05) is 13.2 Å². The lowest BCUT2D eigenvalue weighted by molar-refractivity contribution is -0.101. The Hall–Kier alpha value is -6.04. The number of rotatable bonds is 6. The Morgan fingerprint density at radius 3 is 1.11 bits per heavy atom. The van der Waals surface area contributed by atoms with Crippen LogP contribution >= 0.6 is 0 Å². The quantitative estimate of drug-likeness (QED) is 0.151. The Kier molecular flexibility index (Phi) is 10.1. The first-order valence-corrected chi connectivity index (χ1v) is 18.1. The number of ether oxygens (including phenoxy) is 3. The molecule has 2 fully saturated rings. The fraction of sp³-hybridized carbons (Fsp3) is 0.200. The second-order valence-electron chi connectivity index (χ2n) is 13.7. The van der Waals surface area contributed by atoms with Crippen LogP contribution in [0.25, 0.3) is 0 Å². The van der Waals surface area contributed by atoms with Crippen molar-refractivity contribution >= 4 is 0 Å². The third-order valence-electron chi connectivity index (χ3n) is 9.82. The lowest BCUT2D eigenvalue weighted by Gasteiger charge is -2.41. The summed E-state index contributed by atoms with van der Waals surface area (Å²) in [7, 11) is 0. The highest BCUT2D eigenvalue weighted by Crippen LogP contribution is 2.46. The number of benzene rings is 4. The molecule has 53 heavy (non-hydrogen) atoms. The molecule has 4 aromatic carbocycles. The van der Waals surface area contributed by atoms with Gasteiger partial charge in [0.05, 0.1) is 24.0 Å². The van der Waals surface area contributed by atoms with Crippen molar-refractivity contribution in [3.63, 3.8) is 0 Å². The summed E-state index contributed by atoms with van der Waals surface area (Å²) in [6.45, 7) is 1.21. The zero-order chi connectivity index (χ0) is 35.8. The van der Waals surface area contributed by atoms with Gasteiger partial charge in [0, 0.05) is 33.4 Å². The van der Waals surface area contributed by atoms with E-state index in [1.165, 1.54) is 0 Å². The van der Waals surface area contributed by atoms with E-state index in [4.69, 9.17) is 14.2 Å². The highest BCUT2D eigenvalue weighted by molar-refractivity contribution is 5.51. The van der Waals surface area contributed by atoms with Crippen molar-refractivity contribution in [3.05, 3.63) is 191 Å². The molecule has 3 heteroatoms. The number of epoxide rings is 2. The first-order chi connectivity index (χ1) is 26.2. The van der Waals surface area contributed by atoms with Crippen LogP contribution in [0.2, 0.25) is 0 Å². The van der Waals surface area contributed by atoms with Gasteiger partial charge in [0.15, 0.2) is 0 Å². The molecule has 4 aliphatic rings. The molecule has 0 spiro atoms. The molecule has 2 aliphatic heterocycles. The van der Waals surface area contributed by atoms with Gasteiger partial charge in [-0.25, -0.2) is 0 Å². The summed E-state index contributed by atoms with van der Waals surface area (Å²) in [6.07, 6.45) is 13.2. The maximum atomic E-state index is 7.40. The van der Waals surface area contributed by atoms with E-state index in [1.807, 2.05) is 121 Å². The first kappa shape index (κ1) is 34.1. The van der Waals surface area contributed by atoms with E-state index in [1.54, 1.807) is 0 Å².